The Morgan fingerprint density at radius 1 is 1.16 bits per heavy atom. The third-order valence-electron chi connectivity index (χ3n) is 3.91. The first kappa shape index (κ1) is 16.8. The number of hydrogen-bond acceptors (Lipinski definition) is 4. The van der Waals surface area contributed by atoms with Gasteiger partial charge >= 0.3 is 5.63 Å². The summed E-state index contributed by atoms with van der Waals surface area (Å²) in [5.41, 5.74) is 2.83. The zero-order valence-corrected chi connectivity index (χ0v) is 14.2. The maximum Gasteiger partial charge on any atom is 0.336 e. The molecule has 25 heavy (non-hydrogen) atoms. The van der Waals surface area contributed by atoms with Crippen molar-refractivity contribution < 1.29 is 13.9 Å². The average molecular weight is 337 g/mol. The van der Waals surface area contributed by atoms with Crippen molar-refractivity contribution in [3.05, 3.63) is 70.1 Å². The Hall–Kier alpha value is -3.08. The molecule has 0 aliphatic heterocycles. The number of aryl methyl sites for hydroxylation is 2. The lowest BCUT2D eigenvalue weighted by Crippen LogP contribution is -2.20. The molecule has 2 aromatic carbocycles. The molecule has 0 saturated heterocycles. The molecule has 0 atom stereocenters. The van der Waals surface area contributed by atoms with Crippen LogP contribution in [0.4, 0.5) is 5.69 Å². The van der Waals surface area contributed by atoms with Gasteiger partial charge in [-0.25, -0.2) is 4.79 Å². The summed E-state index contributed by atoms with van der Waals surface area (Å²) in [6.07, 6.45) is 0.910. The van der Waals surface area contributed by atoms with Crippen LogP contribution in [-0.2, 0) is 11.2 Å². The van der Waals surface area contributed by atoms with Crippen LogP contribution in [-0.4, -0.2) is 12.5 Å². The van der Waals surface area contributed by atoms with Gasteiger partial charge in [-0.2, -0.15) is 0 Å². The van der Waals surface area contributed by atoms with Crippen LogP contribution in [0.2, 0.25) is 0 Å². The standard InChI is InChI=1S/C20H19NO4/c1-3-14-5-4-6-15(10-14)21-19(22)12-24-16-7-8-18-17(11-16)13(2)9-20(23)25-18/h4-11H,3,12H2,1-2H3,(H,21,22). The van der Waals surface area contributed by atoms with E-state index in [1.807, 2.05) is 31.2 Å². The van der Waals surface area contributed by atoms with Gasteiger partial charge in [0.15, 0.2) is 6.61 Å². The van der Waals surface area contributed by atoms with Crippen LogP contribution in [0.1, 0.15) is 18.1 Å². The molecule has 5 heteroatoms. The minimum Gasteiger partial charge on any atom is -0.484 e. The van der Waals surface area contributed by atoms with Gasteiger partial charge < -0.3 is 14.5 Å². The molecule has 3 aromatic rings. The van der Waals surface area contributed by atoms with Crippen LogP contribution in [0.3, 0.4) is 0 Å². The van der Waals surface area contributed by atoms with Crippen LogP contribution in [0.25, 0.3) is 11.0 Å². The van der Waals surface area contributed by atoms with Crippen molar-refractivity contribution in [2.24, 2.45) is 0 Å². The molecule has 0 radical (unpaired) electrons. The number of hydrogen-bond donors (Lipinski definition) is 1. The second-order valence-corrected chi connectivity index (χ2v) is 5.80. The SMILES string of the molecule is CCc1cccc(NC(=O)COc2ccc3oc(=O)cc(C)c3c2)c1. The second-order valence-electron chi connectivity index (χ2n) is 5.80. The summed E-state index contributed by atoms with van der Waals surface area (Å²) < 4.78 is 10.7. The molecular formula is C20H19NO4. The largest absolute Gasteiger partial charge is 0.484 e. The number of amides is 1. The van der Waals surface area contributed by atoms with E-state index in [4.69, 9.17) is 9.15 Å². The Balaban J connectivity index is 1.67. The van der Waals surface area contributed by atoms with Crippen molar-refractivity contribution in [3.8, 4) is 5.75 Å². The van der Waals surface area contributed by atoms with E-state index in [9.17, 15) is 9.59 Å². The van der Waals surface area contributed by atoms with E-state index in [2.05, 4.69) is 12.2 Å². The minimum absolute atomic E-state index is 0.0995. The fraction of sp³-hybridized carbons (Fsp3) is 0.200. The maximum atomic E-state index is 12.1. The molecule has 0 unspecified atom stereocenters. The van der Waals surface area contributed by atoms with Gasteiger partial charge in [-0.3, -0.25) is 4.79 Å². The Bertz CT molecular complexity index is 975. The lowest BCUT2D eigenvalue weighted by atomic mass is 10.1. The van der Waals surface area contributed by atoms with E-state index < -0.39 is 0 Å². The minimum atomic E-state index is -0.382. The smallest absolute Gasteiger partial charge is 0.336 e. The summed E-state index contributed by atoms with van der Waals surface area (Å²) in [5, 5.41) is 3.60. The van der Waals surface area contributed by atoms with Gasteiger partial charge in [-0.05, 0) is 54.8 Å². The van der Waals surface area contributed by atoms with Crippen LogP contribution in [0.15, 0.2) is 57.7 Å². The fourth-order valence-corrected chi connectivity index (χ4v) is 2.60. The number of ether oxygens (including phenoxy) is 1. The lowest BCUT2D eigenvalue weighted by molar-refractivity contribution is -0.118. The molecule has 3 rings (SSSR count). The molecule has 128 valence electrons. The monoisotopic (exact) mass is 337 g/mol. The highest BCUT2D eigenvalue weighted by molar-refractivity contribution is 5.92. The molecule has 0 spiro atoms. The molecule has 5 nitrogen and oxygen atoms in total. The molecule has 1 N–H and O–H groups in total. The first-order chi connectivity index (χ1) is 12.0. The van der Waals surface area contributed by atoms with Gasteiger partial charge in [-0.15, -0.1) is 0 Å². The topological polar surface area (TPSA) is 68.5 Å². The van der Waals surface area contributed by atoms with Crippen LogP contribution in [0, 0.1) is 6.92 Å². The van der Waals surface area contributed by atoms with E-state index in [0.29, 0.717) is 11.3 Å². The number of nitrogens with one attached hydrogen (secondary N) is 1. The predicted molar refractivity (Wildman–Crippen MR) is 97.2 cm³/mol. The molecule has 0 aliphatic rings. The average Bonchev–Trinajstić information content (AvgIpc) is 2.60. The number of anilines is 1. The number of fused-ring (bicyclic) bond motifs is 1. The lowest BCUT2D eigenvalue weighted by Gasteiger charge is -2.09. The van der Waals surface area contributed by atoms with Gasteiger partial charge in [0.1, 0.15) is 11.3 Å². The Labute approximate surface area is 145 Å². The van der Waals surface area contributed by atoms with E-state index in [-0.39, 0.29) is 18.1 Å². The Kier molecular flexibility index (Phi) is 4.84. The fourth-order valence-electron chi connectivity index (χ4n) is 2.60. The van der Waals surface area contributed by atoms with Crippen molar-refractivity contribution in [2.45, 2.75) is 20.3 Å². The van der Waals surface area contributed by atoms with Crippen molar-refractivity contribution in [1.29, 1.82) is 0 Å². The third kappa shape index (κ3) is 4.07. The molecule has 0 fully saturated rings. The molecular weight excluding hydrogens is 318 g/mol. The Morgan fingerprint density at radius 3 is 2.80 bits per heavy atom. The van der Waals surface area contributed by atoms with E-state index in [1.165, 1.54) is 6.07 Å². The number of benzene rings is 2. The van der Waals surface area contributed by atoms with Crippen molar-refractivity contribution >= 4 is 22.6 Å². The Morgan fingerprint density at radius 2 is 2.00 bits per heavy atom. The zero-order valence-electron chi connectivity index (χ0n) is 14.2. The van der Waals surface area contributed by atoms with Gasteiger partial charge in [0.25, 0.3) is 5.91 Å². The molecule has 0 aliphatic carbocycles. The zero-order chi connectivity index (χ0) is 17.8. The van der Waals surface area contributed by atoms with Crippen LogP contribution >= 0.6 is 0 Å². The molecule has 0 saturated carbocycles. The highest BCUT2D eigenvalue weighted by atomic mass is 16.5. The van der Waals surface area contributed by atoms with Gasteiger partial charge in [-0.1, -0.05) is 19.1 Å². The van der Waals surface area contributed by atoms with Crippen molar-refractivity contribution in [3.63, 3.8) is 0 Å². The van der Waals surface area contributed by atoms with Crippen LogP contribution in [0.5, 0.6) is 5.75 Å². The quantitative estimate of drug-likeness (QED) is 0.721. The van der Waals surface area contributed by atoms with Crippen LogP contribution < -0.4 is 15.7 Å². The molecule has 0 bridgehead atoms. The van der Waals surface area contributed by atoms with E-state index in [1.54, 1.807) is 18.2 Å². The third-order valence-corrected chi connectivity index (χ3v) is 3.91. The molecule has 1 amide bonds. The van der Waals surface area contributed by atoms with Crippen molar-refractivity contribution in [1.82, 2.24) is 0 Å². The number of rotatable bonds is 5. The first-order valence-corrected chi connectivity index (χ1v) is 8.11. The van der Waals surface area contributed by atoms with Gasteiger partial charge in [0.2, 0.25) is 0 Å². The maximum absolute atomic E-state index is 12.1. The number of carbonyl (C=O) groups is 1. The highest BCUT2D eigenvalue weighted by Gasteiger charge is 2.07. The van der Waals surface area contributed by atoms with Gasteiger partial charge in [0.05, 0.1) is 0 Å². The summed E-state index contributed by atoms with van der Waals surface area (Å²) in [5.74, 6) is 0.312. The molecule has 1 aromatic heterocycles. The normalized spacial score (nSPS) is 10.6. The summed E-state index contributed by atoms with van der Waals surface area (Å²) in [6, 6.07) is 14.3. The second kappa shape index (κ2) is 7.21. The van der Waals surface area contributed by atoms with Gasteiger partial charge in [0, 0.05) is 17.1 Å². The molecule has 1 heterocycles. The summed E-state index contributed by atoms with van der Waals surface area (Å²) in [7, 11) is 0. The highest BCUT2D eigenvalue weighted by Crippen LogP contribution is 2.22. The number of carbonyl (C=O) groups excluding carboxylic acids is 1. The summed E-state index contributed by atoms with van der Waals surface area (Å²) in [4.78, 5) is 23.4. The van der Waals surface area contributed by atoms with Crippen molar-refractivity contribution in [2.75, 3.05) is 11.9 Å². The van der Waals surface area contributed by atoms with E-state index >= 15 is 0 Å². The first-order valence-electron chi connectivity index (χ1n) is 8.11. The predicted octanol–water partition coefficient (Wildman–Crippen LogP) is 3.68. The summed E-state index contributed by atoms with van der Waals surface area (Å²) in [6.45, 7) is 3.79. The van der Waals surface area contributed by atoms with E-state index in [0.717, 1.165) is 28.6 Å². The summed E-state index contributed by atoms with van der Waals surface area (Å²) >= 11 is 0.